The normalized spacial score (nSPS) is 14.1. The molecule has 9 nitrogen and oxygen atoms in total. The number of hydrogen-bond donors (Lipinski definition) is 2. The Morgan fingerprint density at radius 3 is 0.865 bits per heavy atom. The highest BCUT2D eigenvalue weighted by molar-refractivity contribution is 7.47. The maximum Gasteiger partial charge on any atom is 0.472 e. The van der Waals surface area contributed by atoms with Crippen molar-refractivity contribution in [2.24, 2.45) is 5.73 Å². The minimum absolute atomic E-state index is 0.0437. The number of rotatable bonds is 64. The molecule has 2 unspecified atom stereocenters. The van der Waals surface area contributed by atoms with Crippen LogP contribution in [-0.4, -0.2) is 49.3 Å². The summed E-state index contributed by atoms with van der Waals surface area (Å²) in [5.41, 5.74) is 5.40. The van der Waals surface area contributed by atoms with E-state index >= 15 is 0 Å². The minimum Gasteiger partial charge on any atom is -0.462 e. The Bertz CT molecular complexity index is 2110. The zero-order valence-electron chi connectivity index (χ0n) is 56.3. The topological polar surface area (TPSA) is 134 Å². The molecule has 0 aliphatic heterocycles. The van der Waals surface area contributed by atoms with Crippen LogP contribution in [-0.2, 0) is 32.7 Å². The summed E-state index contributed by atoms with van der Waals surface area (Å²) in [5.74, 6) is -0.846. The maximum atomic E-state index is 12.8. The van der Waals surface area contributed by atoms with Gasteiger partial charge in [-0.1, -0.05) is 305 Å². The molecule has 3 N–H and O–H groups in total. The highest BCUT2D eigenvalue weighted by Crippen LogP contribution is 2.43. The molecule has 89 heavy (non-hydrogen) atoms. The Balaban J connectivity index is 3.95. The largest absolute Gasteiger partial charge is 0.472 e. The summed E-state index contributed by atoms with van der Waals surface area (Å²) in [4.78, 5) is 35.4. The predicted molar refractivity (Wildman–Crippen MR) is 385 cm³/mol. The van der Waals surface area contributed by atoms with Gasteiger partial charge in [0.15, 0.2) is 6.10 Å². The first kappa shape index (κ1) is 84.1. The predicted octanol–water partition coefficient (Wildman–Crippen LogP) is 23.5. The Morgan fingerprint density at radius 2 is 0.584 bits per heavy atom. The fraction of sp³-hybridized carbons (Fsp3) is 0.595. The van der Waals surface area contributed by atoms with Gasteiger partial charge < -0.3 is 20.1 Å². The fourth-order valence-corrected chi connectivity index (χ4v) is 9.93. The van der Waals surface area contributed by atoms with Crippen molar-refractivity contribution in [2.75, 3.05) is 26.4 Å². The smallest absolute Gasteiger partial charge is 0.462 e. The molecule has 10 heteroatoms. The molecule has 2 atom stereocenters. The van der Waals surface area contributed by atoms with Crippen LogP contribution in [0.15, 0.2) is 182 Å². The van der Waals surface area contributed by atoms with Gasteiger partial charge in [0, 0.05) is 19.4 Å². The van der Waals surface area contributed by atoms with Crippen LogP contribution in [0, 0.1) is 0 Å². The molecule has 502 valence electrons. The number of carbonyl (C=O) groups is 2. The van der Waals surface area contributed by atoms with Gasteiger partial charge in [0.25, 0.3) is 0 Å². The average Bonchev–Trinajstić information content (AvgIpc) is 3.58. The van der Waals surface area contributed by atoms with Crippen LogP contribution >= 0.6 is 7.82 Å². The van der Waals surface area contributed by atoms with Crippen molar-refractivity contribution in [3.63, 3.8) is 0 Å². The summed E-state index contributed by atoms with van der Waals surface area (Å²) in [6, 6.07) is 0. The first-order valence-corrected chi connectivity index (χ1v) is 36.8. The highest BCUT2D eigenvalue weighted by Gasteiger charge is 2.26. The Kier molecular flexibility index (Phi) is 68.2. The molecule has 0 rings (SSSR count). The molecule has 0 aromatic rings. The van der Waals surface area contributed by atoms with Gasteiger partial charge in [-0.3, -0.25) is 18.6 Å². The Morgan fingerprint density at radius 1 is 0.337 bits per heavy atom. The van der Waals surface area contributed by atoms with Gasteiger partial charge in [0.1, 0.15) is 6.61 Å². The third-order valence-corrected chi connectivity index (χ3v) is 15.3. The molecule has 0 bridgehead atoms. The van der Waals surface area contributed by atoms with Gasteiger partial charge in [-0.2, -0.15) is 0 Å². The summed E-state index contributed by atoms with van der Waals surface area (Å²) < 4.78 is 33.2. The van der Waals surface area contributed by atoms with Crippen molar-refractivity contribution in [3.8, 4) is 0 Å². The van der Waals surface area contributed by atoms with Crippen molar-refractivity contribution in [2.45, 2.75) is 277 Å². The van der Waals surface area contributed by atoms with Crippen LogP contribution in [0.5, 0.6) is 0 Å². The molecule has 0 fully saturated rings. The summed E-state index contributed by atoms with van der Waals surface area (Å²) in [6.45, 7) is 3.50. The minimum atomic E-state index is -4.41. The molecule has 0 aliphatic rings. The lowest BCUT2D eigenvalue weighted by molar-refractivity contribution is -0.161. The number of phosphoric acid groups is 1. The molecular formula is C79H128NO8P. The van der Waals surface area contributed by atoms with Gasteiger partial charge in [0.2, 0.25) is 0 Å². The van der Waals surface area contributed by atoms with E-state index in [1.807, 2.05) is 0 Å². The second kappa shape index (κ2) is 72.2. The lowest BCUT2D eigenvalue weighted by Crippen LogP contribution is -2.29. The van der Waals surface area contributed by atoms with E-state index in [1.165, 1.54) is 89.9 Å². The lowest BCUT2D eigenvalue weighted by atomic mass is 10.0. The Labute approximate surface area is 545 Å². The third-order valence-electron chi connectivity index (χ3n) is 14.3. The van der Waals surface area contributed by atoms with E-state index in [4.69, 9.17) is 24.3 Å². The van der Waals surface area contributed by atoms with E-state index in [9.17, 15) is 19.0 Å². The van der Waals surface area contributed by atoms with Crippen LogP contribution < -0.4 is 5.73 Å². The van der Waals surface area contributed by atoms with Gasteiger partial charge >= 0.3 is 19.8 Å². The second-order valence-electron chi connectivity index (χ2n) is 22.6. The van der Waals surface area contributed by atoms with Gasteiger partial charge in [-0.05, 0) is 135 Å². The number of phosphoric ester groups is 1. The fourth-order valence-electron chi connectivity index (χ4n) is 9.16. The van der Waals surface area contributed by atoms with Crippen molar-refractivity contribution in [3.05, 3.63) is 182 Å². The molecule has 0 saturated carbocycles. The zero-order valence-corrected chi connectivity index (χ0v) is 57.2. The molecule has 0 heterocycles. The summed E-state index contributed by atoms with van der Waals surface area (Å²) in [6.07, 6.45) is 108. The summed E-state index contributed by atoms with van der Waals surface area (Å²) in [5, 5.41) is 0. The first-order valence-electron chi connectivity index (χ1n) is 35.3. The molecule has 0 amide bonds. The molecule has 0 aliphatic carbocycles. The first-order chi connectivity index (χ1) is 43.8. The molecule has 0 aromatic carbocycles. The van der Waals surface area contributed by atoms with Crippen LogP contribution in [0.2, 0.25) is 0 Å². The molecule has 0 radical (unpaired) electrons. The molecular weight excluding hydrogens is 1120 g/mol. The SMILES string of the molecule is CC/C=C\C/C=C\C/C=C\C/C=C\C/C=C\C/C=C\C/C=C\C/C=C\C/C=C\CCCCCCCCCCCCCCCC(=O)OC(COC(=O)CCCCCCCCCC/C=C\C/C=C\C/C=C\C/C=C\C/C=C\C/C=C\CC)COP(=O)(O)OCCN. The quantitative estimate of drug-likeness (QED) is 0.0264. The van der Waals surface area contributed by atoms with E-state index in [1.54, 1.807) is 0 Å². The van der Waals surface area contributed by atoms with Crippen LogP contribution in [0.1, 0.15) is 271 Å². The standard InChI is InChI=1S/C79H128NO8P/c1-3-5-7-9-11-13-15-17-19-21-23-25-27-29-31-32-33-34-35-36-37-38-39-40-41-42-43-44-46-48-50-52-54-56-58-60-62-64-66-68-70-72-79(82)88-77(76-87-89(83,84)86-74-73-80)75-85-78(81)71-69-67-65-63-61-59-57-55-53-51-49-47-45-30-28-26-24-22-20-18-16-14-12-10-8-6-4-2/h5-8,11-14,17-20,23-26,29-31,33-34,36-37,39-40,42-43,45,49,51,77H,3-4,9-10,15-16,21-22,27-28,32,35,38,41,44,46-48,50,52-76,80H2,1-2H3,(H,83,84)/b7-5-,8-6-,13-11-,14-12-,19-17-,20-18-,25-23-,26-24-,31-29-,34-33-,37-36-,40-39-,43-42-,45-30-,51-49-. The van der Waals surface area contributed by atoms with Crippen molar-refractivity contribution in [1.29, 1.82) is 0 Å². The van der Waals surface area contributed by atoms with Crippen LogP contribution in [0.3, 0.4) is 0 Å². The molecule has 0 spiro atoms. The lowest BCUT2D eigenvalue weighted by Gasteiger charge is -2.19. The second-order valence-corrected chi connectivity index (χ2v) is 24.1. The van der Waals surface area contributed by atoms with E-state index < -0.39 is 32.5 Å². The van der Waals surface area contributed by atoms with E-state index in [0.717, 1.165) is 141 Å². The number of esters is 2. The van der Waals surface area contributed by atoms with E-state index in [-0.39, 0.29) is 32.6 Å². The number of unbranched alkanes of at least 4 members (excludes halogenated alkanes) is 21. The van der Waals surface area contributed by atoms with E-state index in [0.29, 0.717) is 12.8 Å². The number of nitrogens with two attached hydrogens (primary N) is 1. The van der Waals surface area contributed by atoms with Gasteiger partial charge in [-0.15, -0.1) is 0 Å². The van der Waals surface area contributed by atoms with Crippen molar-refractivity contribution >= 4 is 19.8 Å². The van der Waals surface area contributed by atoms with Gasteiger partial charge in [-0.25, -0.2) is 4.57 Å². The van der Waals surface area contributed by atoms with E-state index in [2.05, 4.69) is 196 Å². The summed E-state index contributed by atoms with van der Waals surface area (Å²) in [7, 11) is -4.41. The number of hydrogen-bond acceptors (Lipinski definition) is 8. The van der Waals surface area contributed by atoms with Crippen molar-refractivity contribution in [1.82, 2.24) is 0 Å². The van der Waals surface area contributed by atoms with Crippen LogP contribution in [0.4, 0.5) is 0 Å². The maximum absolute atomic E-state index is 12.8. The molecule has 0 saturated heterocycles. The third kappa shape index (κ3) is 72.1. The molecule has 0 aromatic heterocycles. The monoisotopic (exact) mass is 1250 g/mol. The highest BCUT2D eigenvalue weighted by atomic mass is 31.2. The van der Waals surface area contributed by atoms with Crippen LogP contribution in [0.25, 0.3) is 0 Å². The average molecular weight is 1250 g/mol. The Hall–Kier alpha value is -4.89. The summed E-state index contributed by atoms with van der Waals surface area (Å²) >= 11 is 0. The van der Waals surface area contributed by atoms with Gasteiger partial charge in [0.05, 0.1) is 13.2 Å². The number of carbonyl (C=O) groups excluding carboxylic acids is 2. The van der Waals surface area contributed by atoms with Crippen molar-refractivity contribution < 1.29 is 37.6 Å². The number of allylic oxidation sites excluding steroid dienone is 30. The number of ether oxygens (including phenoxy) is 2. The zero-order chi connectivity index (χ0) is 64.4.